The zero-order chi connectivity index (χ0) is 25.3. The third-order valence-electron chi connectivity index (χ3n) is 6.12. The number of amides is 2. The Kier molecular flexibility index (Phi) is 8.14. The van der Waals surface area contributed by atoms with Gasteiger partial charge in [0.2, 0.25) is 0 Å². The number of anilines is 3. The van der Waals surface area contributed by atoms with Crippen LogP contribution >= 0.6 is 0 Å². The molecule has 2 aromatic carbocycles. The summed E-state index contributed by atoms with van der Waals surface area (Å²) in [6.45, 7) is 3.94. The molecule has 0 unspecified atom stereocenters. The first-order valence-electron chi connectivity index (χ1n) is 12.1. The third-order valence-corrected chi connectivity index (χ3v) is 6.12. The number of rotatable bonds is 7. The number of piperidine rings is 1. The number of ether oxygens (including phenoxy) is 1. The van der Waals surface area contributed by atoms with E-state index in [0.29, 0.717) is 35.9 Å². The Morgan fingerprint density at radius 3 is 2.47 bits per heavy atom. The number of aromatic nitrogens is 1. The second-order valence-electron chi connectivity index (χ2n) is 8.67. The number of hydrogen-bond donors (Lipinski definition) is 2. The molecular formula is C28H29N5O3. The normalized spacial score (nSPS) is 13.5. The number of nitrogens with one attached hydrogen (secondary N) is 2. The van der Waals surface area contributed by atoms with E-state index in [1.165, 1.54) is 0 Å². The lowest BCUT2D eigenvalue weighted by Crippen LogP contribution is -2.35. The standard InChI is InChI=1S/C28H29N5O3/c1-2-36-27(34)17-20-13-15-33(16-14-20)26-8-4-7-25(32-26)22-5-3-6-24(18-22)31-28(35)30-23-11-9-21(19-29)10-12-23/h3-12,18,20H,2,13-17H2,1H3,(H2,30,31,35). The van der Waals surface area contributed by atoms with Crippen molar-refractivity contribution in [3.8, 4) is 17.3 Å². The average Bonchev–Trinajstić information content (AvgIpc) is 2.90. The van der Waals surface area contributed by atoms with Gasteiger partial charge in [-0.2, -0.15) is 5.26 Å². The number of urea groups is 1. The predicted molar refractivity (Wildman–Crippen MR) is 140 cm³/mol. The van der Waals surface area contributed by atoms with Crippen molar-refractivity contribution >= 4 is 29.2 Å². The van der Waals surface area contributed by atoms with Crippen LogP contribution in [0.5, 0.6) is 0 Å². The van der Waals surface area contributed by atoms with Crippen LogP contribution in [0.25, 0.3) is 11.3 Å². The van der Waals surface area contributed by atoms with Crippen molar-refractivity contribution in [2.24, 2.45) is 5.92 Å². The summed E-state index contributed by atoms with van der Waals surface area (Å²) >= 11 is 0. The first-order valence-corrected chi connectivity index (χ1v) is 12.1. The van der Waals surface area contributed by atoms with Crippen LogP contribution in [-0.4, -0.2) is 36.7 Å². The van der Waals surface area contributed by atoms with E-state index in [1.54, 1.807) is 24.3 Å². The number of pyridine rings is 1. The molecular weight excluding hydrogens is 454 g/mol. The molecule has 0 radical (unpaired) electrons. The summed E-state index contributed by atoms with van der Waals surface area (Å²) in [4.78, 5) is 31.3. The lowest BCUT2D eigenvalue weighted by molar-refractivity contribution is -0.144. The molecule has 3 aromatic rings. The molecule has 1 aliphatic rings. The Labute approximate surface area is 210 Å². The fourth-order valence-electron chi connectivity index (χ4n) is 4.26. The van der Waals surface area contributed by atoms with Crippen LogP contribution in [0.1, 0.15) is 31.7 Å². The highest BCUT2D eigenvalue weighted by molar-refractivity contribution is 6.00. The van der Waals surface area contributed by atoms with Gasteiger partial charge in [0.05, 0.1) is 23.9 Å². The van der Waals surface area contributed by atoms with Gasteiger partial charge in [-0.05, 0) is 74.2 Å². The van der Waals surface area contributed by atoms with Crippen LogP contribution < -0.4 is 15.5 Å². The van der Waals surface area contributed by atoms with Crippen molar-refractivity contribution in [3.05, 3.63) is 72.3 Å². The molecule has 2 amide bonds. The minimum Gasteiger partial charge on any atom is -0.466 e. The number of benzene rings is 2. The lowest BCUT2D eigenvalue weighted by atomic mass is 9.93. The van der Waals surface area contributed by atoms with Gasteiger partial charge in [0.15, 0.2) is 0 Å². The number of nitrogens with zero attached hydrogens (tertiary/aromatic N) is 3. The summed E-state index contributed by atoms with van der Waals surface area (Å²) in [5, 5.41) is 14.5. The molecule has 0 saturated carbocycles. The molecule has 1 aliphatic heterocycles. The highest BCUT2D eigenvalue weighted by atomic mass is 16.5. The Balaban J connectivity index is 1.37. The Morgan fingerprint density at radius 1 is 1.03 bits per heavy atom. The number of carbonyl (C=O) groups is 2. The lowest BCUT2D eigenvalue weighted by Gasteiger charge is -2.32. The van der Waals surface area contributed by atoms with E-state index in [2.05, 4.69) is 21.6 Å². The van der Waals surface area contributed by atoms with Crippen LogP contribution in [0.4, 0.5) is 22.0 Å². The molecule has 1 saturated heterocycles. The minimum absolute atomic E-state index is 0.116. The summed E-state index contributed by atoms with van der Waals surface area (Å²) in [5.41, 5.74) is 3.49. The van der Waals surface area contributed by atoms with E-state index < -0.39 is 0 Å². The van der Waals surface area contributed by atoms with Crippen molar-refractivity contribution in [2.75, 3.05) is 35.2 Å². The maximum Gasteiger partial charge on any atom is 0.323 e. The second kappa shape index (κ2) is 11.8. The fourth-order valence-corrected chi connectivity index (χ4v) is 4.26. The molecule has 0 atom stereocenters. The van der Waals surface area contributed by atoms with Gasteiger partial charge in [-0.3, -0.25) is 4.79 Å². The summed E-state index contributed by atoms with van der Waals surface area (Å²) in [6, 6.07) is 21.8. The highest BCUT2D eigenvalue weighted by Crippen LogP contribution is 2.27. The van der Waals surface area contributed by atoms with Gasteiger partial charge in [0.1, 0.15) is 5.82 Å². The third kappa shape index (κ3) is 6.60. The van der Waals surface area contributed by atoms with E-state index in [-0.39, 0.29) is 12.0 Å². The second-order valence-corrected chi connectivity index (χ2v) is 8.67. The maximum absolute atomic E-state index is 12.4. The molecule has 2 heterocycles. The van der Waals surface area contributed by atoms with E-state index in [9.17, 15) is 9.59 Å². The van der Waals surface area contributed by atoms with E-state index in [0.717, 1.165) is 43.0 Å². The van der Waals surface area contributed by atoms with E-state index in [1.807, 2.05) is 49.4 Å². The van der Waals surface area contributed by atoms with Crippen LogP contribution in [0, 0.1) is 17.2 Å². The number of nitriles is 1. The van der Waals surface area contributed by atoms with Gasteiger partial charge in [-0.1, -0.05) is 18.2 Å². The van der Waals surface area contributed by atoms with Crippen molar-refractivity contribution in [1.82, 2.24) is 4.98 Å². The Hall–Kier alpha value is -4.38. The Morgan fingerprint density at radius 2 is 1.75 bits per heavy atom. The van der Waals surface area contributed by atoms with Gasteiger partial charge < -0.3 is 20.3 Å². The van der Waals surface area contributed by atoms with E-state index in [4.69, 9.17) is 15.0 Å². The monoisotopic (exact) mass is 483 g/mol. The van der Waals surface area contributed by atoms with Gasteiger partial charge in [0, 0.05) is 36.4 Å². The van der Waals surface area contributed by atoms with Crippen LogP contribution in [0.3, 0.4) is 0 Å². The van der Waals surface area contributed by atoms with Gasteiger partial charge in [-0.15, -0.1) is 0 Å². The zero-order valence-corrected chi connectivity index (χ0v) is 20.2. The molecule has 2 N–H and O–H groups in total. The van der Waals surface area contributed by atoms with Crippen LogP contribution in [0.2, 0.25) is 0 Å². The molecule has 4 rings (SSSR count). The summed E-state index contributed by atoms with van der Waals surface area (Å²) < 4.78 is 5.09. The number of esters is 1. The highest BCUT2D eigenvalue weighted by Gasteiger charge is 2.23. The summed E-state index contributed by atoms with van der Waals surface area (Å²) in [7, 11) is 0. The molecule has 8 nitrogen and oxygen atoms in total. The topological polar surface area (TPSA) is 107 Å². The number of carbonyl (C=O) groups excluding carboxylic acids is 2. The zero-order valence-electron chi connectivity index (χ0n) is 20.2. The molecule has 184 valence electrons. The SMILES string of the molecule is CCOC(=O)CC1CCN(c2cccc(-c3cccc(NC(=O)Nc4ccc(C#N)cc4)c3)n2)CC1. The van der Waals surface area contributed by atoms with Crippen LogP contribution in [-0.2, 0) is 9.53 Å². The first kappa shape index (κ1) is 24.7. The van der Waals surface area contributed by atoms with E-state index >= 15 is 0 Å². The minimum atomic E-state index is -0.371. The summed E-state index contributed by atoms with van der Waals surface area (Å²) in [5.74, 6) is 1.14. The molecule has 1 fully saturated rings. The smallest absolute Gasteiger partial charge is 0.323 e. The maximum atomic E-state index is 12.4. The van der Waals surface area contributed by atoms with Crippen molar-refractivity contribution in [2.45, 2.75) is 26.2 Å². The number of hydrogen-bond acceptors (Lipinski definition) is 6. The predicted octanol–water partition coefficient (Wildman–Crippen LogP) is 5.43. The molecule has 8 heteroatoms. The largest absolute Gasteiger partial charge is 0.466 e. The average molecular weight is 484 g/mol. The van der Waals surface area contributed by atoms with Crippen LogP contribution in [0.15, 0.2) is 66.7 Å². The molecule has 36 heavy (non-hydrogen) atoms. The molecule has 0 spiro atoms. The van der Waals surface area contributed by atoms with Crippen molar-refractivity contribution in [1.29, 1.82) is 5.26 Å². The van der Waals surface area contributed by atoms with Gasteiger partial charge in [0.25, 0.3) is 0 Å². The Bertz CT molecular complexity index is 1240. The van der Waals surface area contributed by atoms with Gasteiger partial charge >= 0.3 is 12.0 Å². The fraction of sp³-hybridized carbons (Fsp3) is 0.286. The summed E-state index contributed by atoms with van der Waals surface area (Å²) in [6.07, 6.45) is 2.34. The van der Waals surface area contributed by atoms with Crippen molar-refractivity contribution < 1.29 is 14.3 Å². The molecule has 1 aromatic heterocycles. The quantitative estimate of drug-likeness (QED) is 0.434. The molecule has 0 aliphatic carbocycles. The van der Waals surface area contributed by atoms with Gasteiger partial charge in [-0.25, -0.2) is 9.78 Å². The first-order chi connectivity index (χ1) is 17.5. The molecule has 0 bridgehead atoms. The van der Waals surface area contributed by atoms with Crippen molar-refractivity contribution in [3.63, 3.8) is 0 Å².